The van der Waals surface area contributed by atoms with E-state index in [1.54, 1.807) is 4.57 Å². The van der Waals surface area contributed by atoms with Crippen molar-refractivity contribution in [2.75, 3.05) is 24.6 Å². The Morgan fingerprint density at radius 3 is 2.69 bits per heavy atom. The zero-order chi connectivity index (χ0) is 18.4. The number of nitrogens with one attached hydrogen (secondary N) is 1. The standard InChI is InChI=1S/C16H23N5O5/c1-8-2-4-20(5-3-8)16-19-10-13(17-7-18-14(10)25)21(16)15-12(24)11(23)9(6-22)26-15/h7-9,11-12,15,22-24H,2-6H2,1H3,(H,17,18,25)/t9-,11-,12+,15-/m1/s1. The Kier molecular flexibility index (Phi) is 4.43. The van der Waals surface area contributed by atoms with Gasteiger partial charge in [0.05, 0.1) is 12.9 Å². The number of H-pyrrole nitrogens is 1. The Balaban J connectivity index is 1.83. The van der Waals surface area contributed by atoms with Crippen LogP contribution in [-0.2, 0) is 4.74 Å². The molecule has 4 heterocycles. The van der Waals surface area contributed by atoms with Crippen LogP contribution in [-0.4, -0.2) is 72.8 Å². The van der Waals surface area contributed by atoms with E-state index in [2.05, 4.69) is 21.9 Å². The maximum atomic E-state index is 12.2. The number of anilines is 1. The average Bonchev–Trinajstić information content (AvgIpc) is 3.15. The summed E-state index contributed by atoms with van der Waals surface area (Å²) in [6, 6.07) is 0. The fourth-order valence-corrected chi connectivity index (χ4v) is 3.67. The van der Waals surface area contributed by atoms with Gasteiger partial charge in [0.2, 0.25) is 5.95 Å². The third-order valence-corrected chi connectivity index (χ3v) is 5.30. The zero-order valence-electron chi connectivity index (χ0n) is 14.4. The van der Waals surface area contributed by atoms with Crippen LogP contribution in [0.5, 0.6) is 0 Å². The topological polar surface area (TPSA) is 137 Å². The predicted octanol–water partition coefficient (Wildman–Crippen LogP) is -1.03. The molecule has 2 fully saturated rings. The van der Waals surface area contributed by atoms with E-state index in [-0.39, 0.29) is 16.7 Å². The summed E-state index contributed by atoms with van der Waals surface area (Å²) in [5, 5.41) is 29.9. The van der Waals surface area contributed by atoms with E-state index < -0.39 is 31.1 Å². The van der Waals surface area contributed by atoms with Crippen LogP contribution in [0, 0.1) is 5.92 Å². The van der Waals surface area contributed by atoms with Crippen LogP contribution in [0.2, 0.25) is 0 Å². The highest BCUT2D eigenvalue weighted by atomic mass is 16.6. The Hall–Kier alpha value is -2.01. The lowest BCUT2D eigenvalue weighted by Gasteiger charge is -2.32. The van der Waals surface area contributed by atoms with Crippen molar-refractivity contribution in [1.29, 1.82) is 0 Å². The summed E-state index contributed by atoms with van der Waals surface area (Å²) in [6.07, 6.45) is -1.16. The summed E-state index contributed by atoms with van der Waals surface area (Å²) in [7, 11) is 0. The molecule has 0 spiro atoms. The van der Waals surface area contributed by atoms with Gasteiger partial charge in [0.15, 0.2) is 17.4 Å². The number of imidazole rings is 1. The SMILES string of the molecule is CC1CCN(c2nc3c(=O)[nH]cnc3n2[C@@H]2O[C@H](CO)[C@@H](O)[C@@H]2O)CC1. The molecule has 2 aliphatic heterocycles. The number of rotatable bonds is 3. The minimum Gasteiger partial charge on any atom is -0.394 e. The van der Waals surface area contributed by atoms with Crippen LogP contribution in [0.1, 0.15) is 26.0 Å². The fraction of sp³-hybridized carbons (Fsp3) is 0.688. The third-order valence-electron chi connectivity index (χ3n) is 5.30. The van der Waals surface area contributed by atoms with Gasteiger partial charge in [-0.1, -0.05) is 6.92 Å². The second-order valence-corrected chi connectivity index (χ2v) is 7.08. The molecular weight excluding hydrogens is 342 g/mol. The molecule has 4 rings (SSSR count). The second-order valence-electron chi connectivity index (χ2n) is 7.08. The molecule has 10 nitrogen and oxygen atoms in total. The lowest BCUT2D eigenvalue weighted by Crippen LogP contribution is -2.37. The molecule has 10 heteroatoms. The lowest BCUT2D eigenvalue weighted by atomic mass is 10.00. The number of hydrogen-bond donors (Lipinski definition) is 4. The number of aromatic nitrogens is 4. The first-order valence-corrected chi connectivity index (χ1v) is 8.84. The Morgan fingerprint density at radius 1 is 1.31 bits per heavy atom. The monoisotopic (exact) mass is 365 g/mol. The van der Waals surface area contributed by atoms with Gasteiger partial charge in [-0.15, -0.1) is 0 Å². The van der Waals surface area contributed by atoms with Gasteiger partial charge in [0.1, 0.15) is 18.3 Å². The number of aromatic amines is 1. The molecule has 2 aromatic rings. The molecule has 0 radical (unpaired) electrons. The maximum Gasteiger partial charge on any atom is 0.278 e. The summed E-state index contributed by atoms with van der Waals surface area (Å²) in [6.45, 7) is 3.29. The maximum absolute atomic E-state index is 12.2. The molecule has 0 saturated carbocycles. The van der Waals surface area contributed by atoms with Crippen LogP contribution in [0.4, 0.5) is 5.95 Å². The number of nitrogens with zero attached hydrogens (tertiary/aromatic N) is 4. The Bertz CT molecular complexity index is 843. The summed E-state index contributed by atoms with van der Waals surface area (Å²) in [5.74, 6) is 1.09. The molecule has 2 aromatic heterocycles. The molecule has 2 aliphatic rings. The smallest absolute Gasteiger partial charge is 0.278 e. The van der Waals surface area contributed by atoms with Gasteiger partial charge in [0.25, 0.3) is 5.56 Å². The van der Waals surface area contributed by atoms with E-state index in [4.69, 9.17) is 4.74 Å². The van der Waals surface area contributed by atoms with Crippen LogP contribution in [0.25, 0.3) is 11.2 Å². The number of piperidine rings is 1. The van der Waals surface area contributed by atoms with E-state index in [0.29, 0.717) is 11.9 Å². The molecule has 0 aliphatic carbocycles. The number of hydrogen-bond acceptors (Lipinski definition) is 8. The van der Waals surface area contributed by atoms with Crippen molar-refractivity contribution in [3.8, 4) is 0 Å². The molecule has 0 aromatic carbocycles. The molecule has 0 unspecified atom stereocenters. The van der Waals surface area contributed by atoms with Crippen molar-refractivity contribution in [3.63, 3.8) is 0 Å². The molecular formula is C16H23N5O5. The van der Waals surface area contributed by atoms with Gasteiger partial charge in [-0.25, -0.2) is 9.97 Å². The van der Waals surface area contributed by atoms with Gasteiger partial charge in [-0.3, -0.25) is 9.36 Å². The first kappa shape index (κ1) is 17.4. The molecule has 0 bridgehead atoms. The van der Waals surface area contributed by atoms with E-state index >= 15 is 0 Å². The number of fused-ring (bicyclic) bond motifs is 1. The summed E-state index contributed by atoms with van der Waals surface area (Å²) in [4.78, 5) is 25.4. The molecule has 26 heavy (non-hydrogen) atoms. The lowest BCUT2D eigenvalue weighted by molar-refractivity contribution is -0.0505. The van der Waals surface area contributed by atoms with Crippen molar-refractivity contribution >= 4 is 17.1 Å². The van der Waals surface area contributed by atoms with Gasteiger partial charge in [-0.2, -0.15) is 0 Å². The van der Waals surface area contributed by atoms with E-state index in [9.17, 15) is 20.1 Å². The Morgan fingerprint density at radius 2 is 2.04 bits per heavy atom. The van der Waals surface area contributed by atoms with Crippen molar-refractivity contribution in [2.45, 2.75) is 44.3 Å². The largest absolute Gasteiger partial charge is 0.394 e. The van der Waals surface area contributed by atoms with Crippen LogP contribution >= 0.6 is 0 Å². The fourth-order valence-electron chi connectivity index (χ4n) is 3.67. The number of aliphatic hydroxyl groups is 3. The van der Waals surface area contributed by atoms with Crippen molar-refractivity contribution in [1.82, 2.24) is 19.5 Å². The van der Waals surface area contributed by atoms with Crippen LogP contribution < -0.4 is 10.5 Å². The molecule has 142 valence electrons. The van der Waals surface area contributed by atoms with Crippen molar-refractivity contribution in [2.24, 2.45) is 5.92 Å². The van der Waals surface area contributed by atoms with Gasteiger partial charge in [0, 0.05) is 13.1 Å². The van der Waals surface area contributed by atoms with Crippen LogP contribution in [0.15, 0.2) is 11.1 Å². The average molecular weight is 365 g/mol. The molecule has 2 saturated heterocycles. The summed E-state index contributed by atoms with van der Waals surface area (Å²) in [5.41, 5.74) is 0.0446. The van der Waals surface area contributed by atoms with Gasteiger partial charge >= 0.3 is 0 Å². The first-order chi connectivity index (χ1) is 12.5. The normalized spacial score (nSPS) is 30.4. The molecule has 4 N–H and O–H groups in total. The number of ether oxygens (including phenoxy) is 1. The summed E-state index contributed by atoms with van der Waals surface area (Å²) >= 11 is 0. The zero-order valence-corrected chi connectivity index (χ0v) is 14.4. The van der Waals surface area contributed by atoms with Gasteiger partial charge in [-0.05, 0) is 18.8 Å². The summed E-state index contributed by atoms with van der Waals surface area (Å²) < 4.78 is 7.23. The first-order valence-electron chi connectivity index (χ1n) is 8.84. The minimum atomic E-state index is -1.27. The Labute approximate surface area is 149 Å². The highest BCUT2D eigenvalue weighted by Gasteiger charge is 2.45. The number of aliphatic hydroxyl groups excluding tert-OH is 3. The van der Waals surface area contributed by atoms with E-state index in [1.807, 2.05) is 4.90 Å². The van der Waals surface area contributed by atoms with E-state index in [0.717, 1.165) is 25.9 Å². The van der Waals surface area contributed by atoms with Gasteiger partial charge < -0.3 is 29.9 Å². The second kappa shape index (κ2) is 6.62. The predicted molar refractivity (Wildman–Crippen MR) is 91.8 cm³/mol. The molecule has 0 amide bonds. The van der Waals surface area contributed by atoms with Crippen LogP contribution in [0.3, 0.4) is 0 Å². The minimum absolute atomic E-state index is 0.152. The molecule has 4 atom stereocenters. The third kappa shape index (κ3) is 2.69. The highest BCUT2D eigenvalue weighted by Crippen LogP contribution is 2.35. The van der Waals surface area contributed by atoms with Crippen molar-refractivity contribution in [3.05, 3.63) is 16.7 Å². The van der Waals surface area contributed by atoms with E-state index in [1.165, 1.54) is 6.33 Å². The highest BCUT2D eigenvalue weighted by molar-refractivity contribution is 5.73. The quantitative estimate of drug-likeness (QED) is 0.542. The van der Waals surface area contributed by atoms with Crippen molar-refractivity contribution < 1.29 is 20.1 Å².